The van der Waals surface area contributed by atoms with Gasteiger partial charge in [-0.2, -0.15) is 4.31 Å². The summed E-state index contributed by atoms with van der Waals surface area (Å²) < 4.78 is 27.0. The van der Waals surface area contributed by atoms with Gasteiger partial charge in [0.25, 0.3) is 5.69 Å². The third kappa shape index (κ3) is 4.69. The van der Waals surface area contributed by atoms with Crippen molar-refractivity contribution in [3.63, 3.8) is 0 Å². The Labute approximate surface area is 177 Å². The molecule has 2 aromatic carbocycles. The topological polar surface area (TPSA) is 110 Å². The number of piperidine rings is 1. The van der Waals surface area contributed by atoms with Crippen LogP contribution in [0.4, 0.5) is 11.4 Å². The van der Waals surface area contributed by atoms with E-state index in [1.807, 2.05) is 0 Å². The molecule has 1 N–H and O–H groups in total. The summed E-state index contributed by atoms with van der Waals surface area (Å²) in [6, 6.07) is 10.1. The summed E-state index contributed by atoms with van der Waals surface area (Å²) in [5.74, 6) is -0.722. The van der Waals surface area contributed by atoms with Crippen molar-refractivity contribution in [2.75, 3.05) is 18.4 Å². The second-order valence-corrected chi connectivity index (χ2v) is 9.22. The van der Waals surface area contributed by atoms with Crippen LogP contribution >= 0.6 is 23.2 Å². The van der Waals surface area contributed by atoms with Crippen LogP contribution in [0.5, 0.6) is 0 Å². The van der Waals surface area contributed by atoms with Gasteiger partial charge in [0.2, 0.25) is 15.9 Å². The maximum Gasteiger partial charge on any atom is 0.271 e. The zero-order chi connectivity index (χ0) is 21.2. The van der Waals surface area contributed by atoms with E-state index >= 15 is 0 Å². The molecule has 1 saturated heterocycles. The maximum atomic E-state index is 12.9. The molecule has 2 aromatic rings. The Hall–Kier alpha value is -2.20. The third-order valence-electron chi connectivity index (χ3n) is 4.67. The molecule has 0 unspecified atom stereocenters. The van der Waals surface area contributed by atoms with Crippen molar-refractivity contribution in [3.8, 4) is 0 Å². The number of hydrogen-bond donors (Lipinski definition) is 1. The highest BCUT2D eigenvalue weighted by Gasteiger charge is 2.34. The van der Waals surface area contributed by atoms with Crippen molar-refractivity contribution in [1.82, 2.24) is 4.31 Å². The molecule has 1 amide bonds. The van der Waals surface area contributed by atoms with Gasteiger partial charge in [0.05, 0.1) is 15.0 Å². The predicted molar refractivity (Wildman–Crippen MR) is 110 cm³/mol. The van der Waals surface area contributed by atoms with E-state index in [4.69, 9.17) is 23.2 Å². The summed E-state index contributed by atoms with van der Waals surface area (Å²) in [6.07, 6.45) is 0.615. The van der Waals surface area contributed by atoms with Gasteiger partial charge in [0, 0.05) is 36.8 Å². The van der Waals surface area contributed by atoms with Crippen LogP contribution in [0, 0.1) is 16.0 Å². The van der Waals surface area contributed by atoms with Gasteiger partial charge < -0.3 is 5.32 Å². The van der Waals surface area contributed by atoms with E-state index < -0.39 is 20.9 Å². The molecule has 1 fully saturated rings. The van der Waals surface area contributed by atoms with E-state index in [0.29, 0.717) is 18.5 Å². The van der Waals surface area contributed by atoms with E-state index in [-0.39, 0.29) is 39.6 Å². The average molecular weight is 458 g/mol. The van der Waals surface area contributed by atoms with Crippen molar-refractivity contribution in [2.24, 2.45) is 5.92 Å². The highest BCUT2D eigenvalue weighted by Crippen LogP contribution is 2.33. The van der Waals surface area contributed by atoms with Crippen molar-refractivity contribution in [1.29, 1.82) is 0 Å². The highest BCUT2D eigenvalue weighted by molar-refractivity contribution is 7.89. The zero-order valence-corrected chi connectivity index (χ0v) is 17.4. The Morgan fingerprint density at radius 1 is 1.10 bits per heavy atom. The number of carbonyl (C=O) groups is 1. The molecule has 0 saturated carbocycles. The summed E-state index contributed by atoms with van der Waals surface area (Å²) >= 11 is 12.1. The number of hydrogen-bond acceptors (Lipinski definition) is 5. The van der Waals surface area contributed by atoms with E-state index in [9.17, 15) is 23.3 Å². The Morgan fingerprint density at radius 2 is 1.69 bits per heavy atom. The minimum Gasteiger partial charge on any atom is -0.326 e. The molecule has 0 spiro atoms. The van der Waals surface area contributed by atoms with Crippen LogP contribution in [0.15, 0.2) is 47.4 Å². The summed E-state index contributed by atoms with van der Waals surface area (Å²) in [7, 11) is -3.88. The van der Waals surface area contributed by atoms with E-state index in [2.05, 4.69) is 5.32 Å². The number of non-ortho nitro benzene ring substituents is 1. The minimum atomic E-state index is -3.88. The molecule has 1 aliphatic rings. The molecule has 3 rings (SSSR count). The Morgan fingerprint density at radius 3 is 2.28 bits per heavy atom. The number of nitro groups is 1. The predicted octanol–water partition coefficient (Wildman–Crippen LogP) is 3.94. The molecular formula is C18H17Cl2N3O5S. The zero-order valence-electron chi connectivity index (χ0n) is 15.0. The van der Waals surface area contributed by atoms with Crippen LogP contribution in [-0.2, 0) is 14.8 Å². The summed E-state index contributed by atoms with van der Waals surface area (Å²) in [5.41, 5.74) is 0.197. The number of anilines is 1. The lowest BCUT2D eigenvalue weighted by molar-refractivity contribution is -0.384. The molecule has 29 heavy (non-hydrogen) atoms. The summed E-state index contributed by atoms with van der Waals surface area (Å²) in [4.78, 5) is 22.7. The lowest BCUT2D eigenvalue weighted by Crippen LogP contribution is -2.41. The molecule has 1 aliphatic heterocycles. The summed E-state index contributed by atoms with van der Waals surface area (Å²) in [6.45, 7) is 0.272. The highest BCUT2D eigenvalue weighted by atomic mass is 35.5. The number of benzene rings is 2. The van der Waals surface area contributed by atoms with Gasteiger partial charge >= 0.3 is 0 Å². The van der Waals surface area contributed by atoms with Gasteiger partial charge in [-0.3, -0.25) is 14.9 Å². The first-order valence-electron chi connectivity index (χ1n) is 8.69. The number of nitrogens with one attached hydrogen (secondary N) is 1. The first-order valence-corrected chi connectivity index (χ1v) is 10.9. The smallest absolute Gasteiger partial charge is 0.271 e. The normalized spacial score (nSPS) is 15.8. The van der Waals surface area contributed by atoms with Crippen LogP contribution in [0.2, 0.25) is 10.0 Å². The number of rotatable bonds is 5. The number of amides is 1. The van der Waals surface area contributed by atoms with E-state index in [1.165, 1.54) is 34.6 Å². The third-order valence-corrected chi connectivity index (χ3v) is 7.52. The fraction of sp³-hybridized carbons (Fsp3) is 0.278. The van der Waals surface area contributed by atoms with E-state index in [1.54, 1.807) is 12.1 Å². The molecule has 0 atom stereocenters. The van der Waals surface area contributed by atoms with E-state index in [0.717, 1.165) is 0 Å². The Bertz CT molecular complexity index is 1030. The summed E-state index contributed by atoms with van der Waals surface area (Å²) in [5, 5.41) is 13.6. The number of nitrogens with zero attached hydrogens (tertiary/aromatic N) is 2. The van der Waals surface area contributed by atoms with Crippen LogP contribution in [0.1, 0.15) is 12.8 Å². The van der Waals surface area contributed by atoms with Gasteiger partial charge in [0.1, 0.15) is 4.90 Å². The van der Waals surface area contributed by atoms with Crippen LogP contribution in [0.3, 0.4) is 0 Å². The second-order valence-electron chi connectivity index (χ2n) is 6.53. The van der Waals surface area contributed by atoms with Crippen LogP contribution < -0.4 is 5.32 Å². The molecule has 1 heterocycles. The molecule has 11 heteroatoms. The van der Waals surface area contributed by atoms with Crippen molar-refractivity contribution in [2.45, 2.75) is 17.7 Å². The quantitative estimate of drug-likeness (QED) is 0.539. The maximum absolute atomic E-state index is 12.9. The number of sulfonamides is 1. The van der Waals surface area contributed by atoms with Gasteiger partial charge in [0.15, 0.2) is 0 Å². The standard InChI is InChI=1S/C18H17Cl2N3O5S/c19-15-5-2-6-16(20)17(15)29(27,28)22-9-7-12(8-10-22)18(24)21-13-3-1-4-14(11-13)23(25)26/h1-6,11-12H,7-10H2,(H,21,24). The van der Waals surface area contributed by atoms with Crippen LogP contribution in [0.25, 0.3) is 0 Å². The largest absolute Gasteiger partial charge is 0.326 e. The Balaban J connectivity index is 1.66. The fourth-order valence-electron chi connectivity index (χ4n) is 3.16. The first kappa shape index (κ1) is 21.5. The van der Waals surface area contributed by atoms with Crippen molar-refractivity contribution in [3.05, 3.63) is 62.6 Å². The van der Waals surface area contributed by atoms with Gasteiger partial charge in [-0.15, -0.1) is 0 Å². The monoisotopic (exact) mass is 457 g/mol. The second kappa shape index (κ2) is 8.66. The van der Waals surface area contributed by atoms with Crippen molar-refractivity contribution < 1.29 is 18.1 Å². The van der Waals surface area contributed by atoms with Gasteiger partial charge in [-0.05, 0) is 31.0 Å². The molecule has 0 bridgehead atoms. The number of nitro benzene ring substituents is 1. The SMILES string of the molecule is O=C(Nc1cccc([N+](=O)[O-])c1)C1CCN(S(=O)(=O)c2c(Cl)cccc2Cl)CC1. The minimum absolute atomic E-state index is 0.0445. The van der Waals surface area contributed by atoms with Gasteiger partial charge in [-0.1, -0.05) is 35.3 Å². The van der Waals surface area contributed by atoms with Crippen molar-refractivity contribution >= 4 is 50.5 Å². The van der Waals surface area contributed by atoms with Gasteiger partial charge in [-0.25, -0.2) is 8.42 Å². The molecule has 0 aromatic heterocycles. The average Bonchev–Trinajstić information content (AvgIpc) is 2.68. The number of carbonyl (C=O) groups excluding carboxylic acids is 1. The molecule has 154 valence electrons. The molecular weight excluding hydrogens is 441 g/mol. The number of halogens is 2. The molecule has 0 aliphatic carbocycles. The van der Waals surface area contributed by atoms with Crippen LogP contribution in [-0.4, -0.2) is 36.6 Å². The molecule has 8 nitrogen and oxygen atoms in total. The molecule has 0 radical (unpaired) electrons. The lowest BCUT2D eigenvalue weighted by Gasteiger charge is -2.31. The first-order chi connectivity index (χ1) is 13.7. The fourth-order valence-corrected chi connectivity index (χ4v) is 5.72. The Kier molecular flexibility index (Phi) is 6.42. The lowest BCUT2D eigenvalue weighted by atomic mass is 9.97.